The minimum Gasteiger partial charge on any atom is -0.455 e. The molecule has 0 aliphatic carbocycles. The molecule has 3 amide bonds. The van der Waals surface area contributed by atoms with Crippen molar-refractivity contribution >= 4 is 50.7 Å². The molecule has 14 heteroatoms. The first-order chi connectivity index (χ1) is 26.1. The van der Waals surface area contributed by atoms with Gasteiger partial charge in [-0.2, -0.15) is 0 Å². The van der Waals surface area contributed by atoms with Gasteiger partial charge in [0, 0.05) is 30.9 Å². The van der Waals surface area contributed by atoms with E-state index >= 15 is 0 Å². The minimum atomic E-state index is -1.31. The molecule has 2 N–H and O–H groups in total. The summed E-state index contributed by atoms with van der Waals surface area (Å²) in [5.41, 5.74) is 0.813. The summed E-state index contributed by atoms with van der Waals surface area (Å²) in [5.74, 6) is -3.47. The molecule has 0 radical (unpaired) electrons. The number of esters is 1. The summed E-state index contributed by atoms with van der Waals surface area (Å²) in [6.07, 6.45) is 5.56. The number of benzene rings is 2. The lowest BCUT2D eigenvalue weighted by Gasteiger charge is -2.37. The first-order valence-electron chi connectivity index (χ1n) is 18.7. The zero-order valence-electron chi connectivity index (χ0n) is 30.6. The van der Waals surface area contributed by atoms with E-state index in [1.54, 1.807) is 33.6 Å². The summed E-state index contributed by atoms with van der Waals surface area (Å²) < 4.78 is 14.7. The molecule has 54 heavy (non-hydrogen) atoms. The maximum Gasteiger partial charge on any atom is 0.313 e. The van der Waals surface area contributed by atoms with Gasteiger partial charge < -0.3 is 29.7 Å². The van der Waals surface area contributed by atoms with Crippen LogP contribution in [0.3, 0.4) is 0 Å². The van der Waals surface area contributed by atoms with Gasteiger partial charge in [-0.1, -0.05) is 88.6 Å². The normalized spacial score (nSPS) is 25.3. The zero-order valence-corrected chi connectivity index (χ0v) is 32.2. The number of nitrogens with zero attached hydrogens (tertiary/aromatic N) is 5. The largest absolute Gasteiger partial charge is 0.455 e. The van der Waals surface area contributed by atoms with Crippen molar-refractivity contribution in [3.8, 4) is 0 Å². The third-order valence-electron chi connectivity index (χ3n) is 10.8. The van der Waals surface area contributed by atoms with Crippen molar-refractivity contribution in [3.05, 3.63) is 85.5 Å². The van der Waals surface area contributed by atoms with E-state index in [2.05, 4.69) is 44.7 Å². The maximum atomic E-state index is 15.0. The number of carbonyl (C=O) groups is 4. The predicted molar refractivity (Wildman–Crippen MR) is 205 cm³/mol. The van der Waals surface area contributed by atoms with Crippen LogP contribution in [0.2, 0.25) is 0 Å². The van der Waals surface area contributed by atoms with Crippen LogP contribution >= 0.6 is 15.9 Å². The van der Waals surface area contributed by atoms with Crippen molar-refractivity contribution in [3.63, 3.8) is 0 Å². The number of aromatic nitrogens is 3. The van der Waals surface area contributed by atoms with Gasteiger partial charge in [0.1, 0.15) is 29.9 Å². The number of aliphatic hydroxyl groups excluding tert-OH is 1. The number of ether oxygens (including phenoxy) is 2. The van der Waals surface area contributed by atoms with Crippen molar-refractivity contribution in [2.45, 2.75) is 93.3 Å². The number of hydrogen-bond donors (Lipinski definition) is 2. The van der Waals surface area contributed by atoms with Crippen molar-refractivity contribution in [2.24, 2.45) is 11.8 Å². The van der Waals surface area contributed by atoms with Gasteiger partial charge in [0.15, 0.2) is 0 Å². The molecule has 0 saturated carbocycles. The summed E-state index contributed by atoms with van der Waals surface area (Å²) in [4.78, 5) is 59.8. The number of nitrogens with one attached hydrogen (secondary N) is 1. The molecule has 13 nitrogen and oxygen atoms in total. The molecule has 4 heterocycles. The standard InChI is InChI=1S/C40H49BrN6O7/c1-4-6-20-31(49)42-26(3)34(27-16-10-9-11-17-27)53-39(52)32-33-37(50)46(22-14-7-8-15-23-48)36(40(33)24-28(41)35(32)54-40)38(51)45(21-5-2)25-47-30-19-13-12-18-29(30)43-44-47/h4-5,9-13,16-19,26,28,32-36,48H,1-2,6-8,14-15,20-25H2,3H3,(H,42,49)/t26-,28?,32+,33-,34-,35+,36+,40-/m1/s1. The number of para-hydroxylation sites is 1. The van der Waals surface area contributed by atoms with Crippen LogP contribution in [0.4, 0.5) is 0 Å². The third kappa shape index (κ3) is 7.74. The number of unbranched alkanes of at least 4 members (excludes halogenated alkanes) is 3. The quantitative estimate of drug-likeness (QED) is 0.0774. The van der Waals surface area contributed by atoms with Gasteiger partial charge in [0.25, 0.3) is 0 Å². The number of fused-ring (bicyclic) bond motifs is 2. The van der Waals surface area contributed by atoms with Crippen molar-refractivity contribution in [2.75, 3.05) is 19.7 Å². The Morgan fingerprint density at radius 2 is 1.85 bits per heavy atom. The van der Waals surface area contributed by atoms with E-state index < -0.39 is 47.7 Å². The highest BCUT2D eigenvalue weighted by molar-refractivity contribution is 9.09. The van der Waals surface area contributed by atoms with Gasteiger partial charge in [-0.05, 0) is 50.3 Å². The average molecular weight is 806 g/mol. The summed E-state index contributed by atoms with van der Waals surface area (Å²) in [7, 11) is 0. The second-order valence-electron chi connectivity index (χ2n) is 14.4. The molecule has 3 fully saturated rings. The molecule has 1 spiro atoms. The van der Waals surface area contributed by atoms with Crippen LogP contribution < -0.4 is 5.32 Å². The monoisotopic (exact) mass is 804 g/mol. The molecule has 3 aliphatic heterocycles. The summed E-state index contributed by atoms with van der Waals surface area (Å²) >= 11 is 3.76. The SMILES string of the molecule is C=CCCC(=O)N[C@H](C)[C@@H](OC(=O)[C@@H]1[C@H]2O[C@@]3(CC2Br)[C@H](C(=O)N(CC=C)Cn2nnc4ccccc42)N(CCCCCCO)C(=O)[C@@H]13)c1ccccc1. The predicted octanol–water partition coefficient (Wildman–Crippen LogP) is 4.46. The number of alkyl halides is 1. The third-order valence-corrected chi connectivity index (χ3v) is 11.6. The van der Waals surface area contributed by atoms with E-state index in [0.29, 0.717) is 36.8 Å². The number of likely N-dealkylation sites (tertiary alicyclic amines) is 1. The van der Waals surface area contributed by atoms with Gasteiger partial charge in [0.2, 0.25) is 17.7 Å². The van der Waals surface area contributed by atoms with Crippen LogP contribution in [0.15, 0.2) is 79.9 Å². The fraction of sp³-hybridized carbons (Fsp3) is 0.500. The Bertz CT molecular complexity index is 1840. The topological polar surface area (TPSA) is 156 Å². The Kier molecular flexibility index (Phi) is 12.6. The van der Waals surface area contributed by atoms with E-state index in [1.165, 1.54) is 0 Å². The first kappa shape index (κ1) is 39.3. The van der Waals surface area contributed by atoms with Gasteiger partial charge in [-0.15, -0.1) is 18.3 Å². The number of halogens is 1. The molecule has 3 saturated heterocycles. The number of carbonyl (C=O) groups excluding carboxylic acids is 4. The smallest absolute Gasteiger partial charge is 0.313 e. The highest BCUT2D eigenvalue weighted by Gasteiger charge is 2.77. The summed E-state index contributed by atoms with van der Waals surface area (Å²) in [6, 6.07) is 15.0. The lowest BCUT2D eigenvalue weighted by molar-refractivity contribution is -0.162. The Morgan fingerprint density at radius 1 is 1.11 bits per heavy atom. The number of aliphatic hydroxyl groups is 1. The highest BCUT2D eigenvalue weighted by atomic mass is 79.9. The van der Waals surface area contributed by atoms with Crippen LogP contribution in [0.1, 0.15) is 63.5 Å². The molecular formula is C40H49BrN6O7. The molecule has 1 aromatic heterocycles. The van der Waals surface area contributed by atoms with Crippen LogP contribution in [0.25, 0.3) is 11.0 Å². The fourth-order valence-corrected chi connectivity index (χ4v) is 9.28. The van der Waals surface area contributed by atoms with E-state index in [4.69, 9.17) is 9.47 Å². The van der Waals surface area contributed by atoms with Crippen molar-refractivity contribution < 1.29 is 33.8 Å². The molecule has 1 unspecified atom stereocenters. The van der Waals surface area contributed by atoms with Crippen LogP contribution in [0.5, 0.6) is 0 Å². The van der Waals surface area contributed by atoms with E-state index in [-0.39, 0.29) is 55.3 Å². The fourth-order valence-electron chi connectivity index (χ4n) is 8.34. The summed E-state index contributed by atoms with van der Waals surface area (Å²) in [6.45, 7) is 9.96. The van der Waals surface area contributed by atoms with Gasteiger partial charge >= 0.3 is 5.97 Å². The van der Waals surface area contributed by atoms with Crippen LogP contribution in [0, 0.1) is 11.8 Å². The molecule has 6 rings (SSSR count). The Labute approximate surface area is 323 Å². The van der Waals surface area contributed by atoms with Crippen LogP contribution in [-0.4, -0.2) is 102 Å². The molecule has 3 aromatic rings. The van der Waals surface area contributed by atoms with E-state index in [9.17, 15) is 24.3 Å². The second kappa shape index (κ2) is 17.4. The van der Waals surface area contributed by atoms with E-state index in [1.807, 2.05) is 54.6 Å². The molecule has 2 aromatic carbocycles. The number of allylic oxidation sites excluding steroid dienone is 1. The Hall–Kier alpha value is -4.40. The second-order valence-corrected chi connectivity index (χ2v) is 15.5. The average Bonchev–Trinajstić information content (AvgIpc) is 3.89. The molecular weight excluding hydrogens is 756 g/mol. The Morgan fingerprint density at radius 3 is 2.59 bits per heavy atom. The molecule has 2 bridgehead atoms. The lowest BCUT2D eigenvalue weighted by Crippen LogP contribution is -2.57. The van der Waals surface area contributed by atoms with Gasteiger partial charge in [-0.3, -0.25) is 19.2 Å². The maximum absolute atomic E-state index is 15.0. The van der Waals surface area contributed by atoms with Gasteiger partial charge in [0.05, 0.1) is 29.5 Å². The number of rotatable bonds is 19. The zero-order chi connectivity index (χ0) is 38.4. The van der Waals surface area contributed by atoms with Crippen molar-refractivity contribution in [1.82, 2.24) is 30.1 Å². The number of amides is 3. The summed E-state index contributed by atoms with van der Waals surface area (Å²) in [5, 5.41) is 20.8. The molecule has 288 valence electrons. The van der Waals surface area contributed by atoms with Gasteiger partial charge in [-0.25, -0.2) is 4.68 Å². The molecule has 8 atom stereocenters. The molecule has 3 aliphatic rings. The highest BCUT2D eigenvalue weighted by Crippen LogP contribution is 2.60. The Balaban J connectivity index is 1.32. The minimum absolute atomic E-state index is 0.0585. The van der Waals surface area contributed by atoms with E-state index in [0.717, 1.165) is 18.4 Å². The lowest BCUT2D eigenvalue weighted by atomic mass is 9.70. The van der Waals surface area contributed by atoms with Crippen molar-refractivity contribution in [1.29, 1.82) is 0 Å². The number of hydrogen-bond acceptors (Lipinski definition) is 9. The van der Waals surface area contributed by atoms with Crippen LogP contribution in [-0.2, 0) is 35.3 Å². The first-order valence-corrected chi connectivity index (χ1v) is 19.6.